The maximum atomic E-state index is 12.1. The van der Waals surface area contributed by atoms with E-state index in [1.54, 1.807) is 0 Å². The standard InChI is InChI=1S/C13H13F2NO4S/c14-13(15)20-10-3-1-9(2-4-10)16-11-7-21(18,19)6-8(11)5-12(16)17/h1-4,8,11,13H,5-7H2. The van der Waals surface area contributed by atoms with Crippen LogP contribution in [0.3, 0.4) is 0 Å². The third-order valence-electron chi connectivity index (χ3n) is 3.81. The number of sulfone groups is 1. The van der Waals surface area contributed by atoms with Crippen LogP contribution in [0.15, 0.2) is 24.3 Å². The Kier molecular flexibility index (Phi) is 3.35. The van der Waals surface area contributed by atoms with Crippen molar-refractivity contribution in [2.24, 2.45) is 5.92 Å². The fraction of sp³-hybridized carbons (Fsp3) is 0.462. The minimum absolute atomic E-state index is 0.00371. The molecule has 2 saturated heterocycles. The van der Waals surface area contributed by atoms with Gasteiger partial charge in [0.25, 0.3) is 0 Å². The van der Waals surface area contributed by atoms with Gasteiger partial charge in [-0.2, -0.15) is 8.78 Å². The Morgan fingerprint density at radius 2 is 1.86 bits per heavy atom. The molecule has 8 heteroatoms. The van der Waals surface area contributed by atoms with Gasteiger partial charge in [0.2, 0.25) is 5.91 Å². The minimum atomic E-state index is -3.11. The number of carbonyl (C=O) groups is 1. The van der Waals surface area contributed by atoms with Gasteiger partial charge in [-0.05, 0) is 24.3 Å². The van der Waals surface area contributed by atoms with Crippen LogP contribution in [0, 0.1) is 5.92 Å². The molecule has 5 nitrogen and oxygen atoms in total. The lowest BCUT2D eigenvalue weighted by atomic mass is 10.0. The van der Waals surface area contributed by atoms with Crippen molar-refractivity contribution in [1.29, 1.82) is 0 Å². The Labute approximate surface area is 120 Å². The molecule has 2 aliphatic rings. The number of rotatable bonds is 3. The zero-order valence-electron chi connectivity index (χ0n) is 10.9. The molecular weight excluding hydrogens is 304 g/mol. The second-order valence-electron chi connectivity index (χ2n) is 5.24. The molecule has 0 aliphatic carbocycles. The molecule has 0 saturated carbocycles. The first-order valence-electron chi connectivity index (χ1n) is 6.43. The van der Waals surface area contributed by atoms with Crippen LogP contribution in [0.1, 0.15) is 6.42 Å². The highest BCUT2D eigenvalue weighted by Crippen LogP contribution is 2.37. The molecule has 114 valence electrons. The quantitative estimate of drug-likeness (QED) is 0.846. The number of hydrogen-bond donors (Lipinski definition) is 0. The van der Waals surface area contributed by atoms with Gasteiger partial charge >= 0.3 is 6.61 Å². The van der Waals surface area contributed by atoms with Crippen LogP contribution in [0.25, 0.3) is 0 Å². The molecular formula is C13H13F2NO4S. The summed E-state index contributed by atoms with van der Waals surface area (Å²) >= 11 is 0. The molecule has 2 aliphatic heterocycles. The summed E-state index contributed by atoms with van der Waals surface area (Å²) in [6, 6.07) is 5.30. The number of halogens is 2. The summed E-state index contributed by atoms with van der Waals surface area (Å²) in [6.07, 6.45) is 0.208. The van der Waals surface area contributed by atoms with Gasteiger partial charge in [0.1, 0.15) is 5.75 Å². The fourth-order valence-electron chi connectivity index (χ4n) is 3.01. The normalized spacial score (nSPS) is 27.2. The smallest absolute Gasteiger partial charge is 0.387 e. The number of amides is 1. The molecule has 0 bridgehead atoms. The Bertz CT molecular complexity index is 659. The number of nitrogens with zero attached hydrogens (tertiary/aromatic N) is 1. The highest BCUT2D eigenvalue weighted by atomic mass is 32.2. The van der Waals surface area contributed by atoms with E-state index in [1.807, 2.05) is 0 Å². The van der Waals surface area contributed by atoms with Gasteiger partial charge in [0.05, 0.1) is 17.5 Å². The monoisotopic (exact) mass is 317 g/mol. The molecule has 21 heavy (non-hydrogen) atoms. The van der Waals surface area contributed by atoms with Crippen molar-refractivity contribution in [3.63, 3.8) is 0 Å². The molecule has 0 N–H and O–H groups in total. The molecule has 0 radical (unpaired) electrons. The first-order valence-corrected chi connectivity index (χ1v) is 8.25. The summed E-state index contributed by atoms with van der Waals surface area (Å²) in [5.41, 5.74) is 0.506. The maximum Gasteiger partial charge on any atom is 0.387 e. The van der Waals surface area contributed by atoms with Crippen LogP contribution in [-0.4, -0.2) is 38.5 Å². The average Bonchev–Trinajstić information content (AvgIpc) is 2.80. The zero-order chi connectivity index (χ0) is 15.2. The lowest BCUT2D eigenvalue weighted by Crippen LogP contribution is -2.36. The highest BCUT2D eigenvalue weighted by Gasteiger charge is 2.49. The Balaban J connectivity index is 1.84. The van der Waals surface area contributed by atoms with E-state index in [0.717, 1.165) is 0 Å². The van der Waals surface area contributed by atoms with Gasteiger partial charge in [-0.3, -0.25) is 4.79 Å². The van der Waals surface area contributed by atoms with E-state index in [2.05, 4.69) is 4.74 Å². The summed E-state index contributed by atoms with van der Waals surface area (Å²) in [4.78, 5) is 13.5. The van der Waals surface area contributed by atoms with E-state index in [4.69, 9.17) is 0 Å². The summed E-state index contributed by atoms with van der Waals surface area (Å²) in [6.45, 7) is -2.91. The van der Waals surface area contributed by atoms with Crippen molar-refractivity contribution in [3.8, 4) is 5.75 Å². The number of ether oxygens (including phenoxy) is 1. The van der Waals surface area contributed by atoms with Crippen LogP contribution < -0.4 is 9.64 Å². The van der Waals surface area contributed by atoms with Crippen molar-refractivity contribution in [1.82, 2.24) is 0 Å². The molecule has 2 heterocycles. The Morgan fingerprint density at radius 1 is 1.19 bits per heavy atom. The fourth-order valence-corrected chi connectivity index (χ4v) is 5.08. The van der Waals surface area contributed by atoms with Crippen molar-refractivity contribution in [2.75, 3.05) is 16.4 Å². The van der Waals surface area contributed by atoms with E-state index < -0.39 is 16.4 Å². The Hall–Kier alpha value is -1.70. The van der Waals surface area contributed by atoms with Crippen LogP contribution in [0.5, 0.6) is 5.75 Å². The first kappa shape index (κ1) is 14.2. The predicted octanol–water partition coefficient (Wildman–Crippen LogP) is 1.44. The summed E-state index contributed by atoms with van der Waals surface area (Å²) in [5, 5.41) is 0. The second-order valence-corrected chi connectivity index (χ2v) is 7.40. The van der Waals surface area contributed by atoms with Gasteiger partial charge in [0, 0.05) is 18.0 Å². The van der Waals surface area contributed by atoms with Crippen molar-refractivity contribution < 1.29 is 26.7 Å². The molecule has 2 atom stereocenters. The van der Waals surface area contributed by atoms with Crippen molar-refractivity contribution >= 4 is 21.4 Å². The molecule has 1 amide bonds. The van der Waals surface area contributed by atoms with E-state index in [-0.39, 0.29) is 41.5 Å². The molecule has 2 fully saturated rings. The number of alkyl halides is 2. The van der Waals surface area contributed by atoms with Crippen LogP contribution >= 0.6 is 0 Å². The SMILES string of the molecule is O=C1CC2CS(=O)(=O)CC2N1c1ccc(OC(F)F)cc1. The second kappa shape index (κ2) is 4.94. The molecule has 1 aromatic carbocycles. The summed E-state index contributed by atoms with van der Waals surface area (Å²) < 4.78 is 51.8. The number of fused-ring (bicyclic) bond motifs is 1. The Morgan fingerprint density at radius 3 is 2.48 bits per heavy atom. The van der Waals surface area contributed by atoms with E-state index in [0.29, 0.717) is 5.69 Å². The van der Waals surface area contributed by atoms with Gasteiger partial charge < -0.3 is 9.64 Å². The molecule has 0 spiro atoms. The zero-order valence-corrected chi connectivity index (χ0v) is 11.7. The average molecular weight is 317 g/mol. The van der Waals surface area contributed by atoms with E-state index in [1.165, 1.54) is 29.2 Å². The van der Waals surface area contributed by atoms with Crippen molar-refractivity contribution in [3.05, 3.63) is 24.3 Å². The number of hydrogen-bond acceptors (Lipinski definition) is 4. The third-order valence-corrected chi connectivity index (χ3v) is 5.60. The molecule has 3 rings (SSSR count). The number of benzene rings is 1. The highest BCUT2D eigenvalue weighted by molar-refractivity contribution is 7.91. The van der Waals surface area contributed by atoms with Crippen LogP contribution in [0.4, 0.5) is 14.5 Å². The van der Waals surface area contributed by atoms with E-state index in [9.17, 15) is 22.0 Å². The summed E-state index contributed by atoms with van der Waals surface area (Å²) in [7, 11) is -3.11. The van der Waals surface area contributed by atoms with Crippen LogP contribution in [0.2, 0.25) is 0 Å². The van der Waals surface area contributed by atoms with Crippen molar-refractivity contribution in [2.45, 2.75) is 19.1 Å². The topological polar surface area (TPSA) is 63.7 Å². The number of carbonyl (C=O) groups excluding carboxylic acids is 1. The molecule has 1 aromatic rings. The number of anilines is 1. The lowest BCUT2D eigenvalue weighted by Gasteiger charge is -2.23. The largest absolute Gasteiger partial charge is 0.435 e. The van der Waals surface area contributed by atoms with E-state index >= 15 is 0 Å². The van der Waals surface area contributed by atoms with Crippen LogP contribution in [-0.2, 0) is 14.6 Å². The van der Waals surface area contributed by atoms with Gasteiger partial charge in [-0.15, -0.1) is 0 Å². The van der Waals surface area contributed by atoms with Gasteiger partial charge in [0.15, 0.2) is 9.84 Å². The molecule has 2 unspecified atom stereocenters. The third kappa shape index (κ3) is 2.72. The predicted molar refractivity (Wildman–Crippen MR) is 71.1 cm³/mol. The maximum absolute atomic E-state index is 12.1. The van der Waals surface area contributed by atoms with Gasteiger partial charge in [-0.1, -0.05) is 0 Å². The first-order chi connectivity index (χ1) is 9.85. The minimum Gasteiger partial charge on any atom is -0.435 e. The lowest BCUT2D eigenvalue weighted by molar-refractivity contribution is -0.117. The summed E-state index contributed by atoms with van der Waals surface area (Å²) in [5.74, 6) is -0.330. The molecule has 0 aromatic heterocycles. The van der Waals surface area contributed by atoms with Gasteiger partial charge in [-0.25, -0.2) is 8.42 Å².